The molecule has 0 aliphatic rings. The molecule has 0 aromatic heterocycles. The van der Waals surface area contributed by atoms with E-state index in [0.29, 0.717) is 5.56 Å². The van der Waals surface area contributed by atoms with Gasteiger partial charge >= 0.3 is 0 Å². The van der Waals surface area contributed by atoms with Crippen LogP contribution in [0.15, 0.2) is 58.5 Å². The number of hydrazone groups is 1. The molecule has 0 aliphatic heterocycles. The standard InChI is InChI=1S/C20H23ClN2OS/c1-3-4-5-15(2)22-23-20(24)17-8-6-16(7-9-17)14-25-19-12-10-18(21)11-13-19/h6-13H,3-5,14H2,1-2H3,(H,23,24). The average molecular weight is 375 g/mol. The largest absolute Gasteiger partial charge is 0.271 e. The van der Waals surface area contributed by atoms with Crippen molar-refractivity contribution in [2.75, 3.05) is 0 Å². The van der Waals surface area contributed by atoms with Crippen LogP contribution in [0.4, 0.5) is 0 Å². The van der Waals surface area contributed by atoms with Crippen LogP contribution >= 0.6 is 23.4 Å². The molecule has 0 fully saturated rings. The summed E-state index contributed by atoms with van der Waals surface area (Å²) >= 11 is 7.63. The maximum absolute atomic E-state index is 12.1. The number of nitrogens with one attached hydrogen (secondary N) is 1. The first-order chi connectivity index (χ1) is 12.1. The Morgan fingerprint density at radius 1 is 1.12 bits per heavy atom. The Hall–Kier alpha value is -1.78. The van der Waals surface area contributed by atoms with Crippen molar-refractivity contribution >= 4 is 35.0 Å². The Balaban J connectivity index is 1.86. The molecule has 2 rings (SSSR count). The van der Waals surface area contributed by atoms with Gasteiger partial charge in [0.25, 0.3) is 5.91 Å². The quantitative estimate of drug-likeness (QED) is 0.353. The van der Waals surface area contributed by atoms with Gasteiger partial charge in [0, 0.05) is 26.9 Å². The van der Waals surface area contributed by atoms with Crippen molar-refractivity contribution in [3.8, 4) is 0 Å². The van der Waals surface area contributed by atoms with Gasteiger partial charge in [0.2, 0.25) is 0 Å². The molecule has 5 heteroatoms. The van der Waals surface area contributed by atoms with E-state index in [2.05, 4.69) is 17.5 Å². The minimum Gasteiger partial charge on any atom is -0.267 e. The van der Waals surface area contributed by atoms with Gasteiger partial charge in [-0.15, -0.1) is 11.8 Å². The van der Waals surface area contributed by atoms with Crippen molar-refractivity contribution in [2.24, 2.45) is 5.10 Å². The number of carbonyl (C=O) groups excluding carboxylic acids is 1. The molecule has 2 aromatic carbocycles. The second-order valence-electron chi connectivity index (χ2n) is 5.83. The summed E-state index contributed by atoms with van der Waals surface area (Å²) in [5.74, 6) is 0.672. The smallest absolute Gasteiger partial charge is 0.267 e. The number of halogens is 1. The molecule has 0 saturated heterocycles. The summed E-state index contributed by atoms with van der Waals surface area (Å²) < 4.78 is 0. The summed E-state index contributed by atoms with van der Waals surface area (Å²) in [7, 11) is 0. The van der Waals surface area contributed by atoms with E-state index >= 15 is 0 Å². The molecule has 132 valence electrons. The van der Waals surface area contributed by atoms with Gasteiger partial charge in [-0.05, 0) is 61.7 Å². The zero-order valence-electron chi connectivity index (χ0n) is 14.6. The van der Waals surface area contributed by atoms with Crippen molar-refractivity contribution in [3.63, 3.8) is 0 Å². The number of thioether (sulfide) groups is 1. The third-order valence-electron chi connectivity index (χ3n) is 3.68. The number of nitrogens with zero attached hydrogens (tertiary/aromatic N) is 1. The zero-order chi connectivity index (χ0) is 18.1. The SMILES string of the molecule is CCCCC(C)=NNC(=O)c1ccc(CSc2ccc(Cl)cc2)cc1. The Kier molecular flexibility index (Phi) is 8.02. The van der Waals surface area contributed by atoms with Gasteiger partial charge in [-0.1, -0.05) is 37.1 Å². The van der Waals surface area contributed by atoms with Gasteiger partial charge < -0.3 is 0 Å². The van der Waals surface area contributed by atoms with Crippen molar-refractivity contribution in [1.82, 2.24) is 5.43 Å². The van der Waals surface area contributed by atoms with Gasteiger partial charge in [-0.2, -0.15) is 5.10 Å². The number of hydrogen-bond donors (Lipinski definition) is 1. The van der Waals surface area contributed by atoms with E-state index in [0.717, 1.165) is 35.7 Å². The first-order valence-corrected chi connectivity index (χ1v) is 9.75. The van der Waals surface area contributed by atoms with Gasteiger partial charge in [0.1, 0.15) is 0 Å². The molecule has 0 spiro atoms. The lowest BCUT2D eigenvalue weighted by Gasteiger charge is -2.05. The van der Waals surface area contributed by atoms with Crippen LogP contribution in [-0.2, 0) is 5.75 Å². The number of rotatable bonds is 8. The highest BCUT2D eigenvalue weighted by molar-refractivity contribution is 7.98. The Morgan fingerprint density at radius 3 is 2.44 bits per heavy atom. The second-order valence-corrected chi connectivity index (χ2v) is 7.32. The maximum atomic E-state index is 12.1. The zero-order valence-corrected chi connectivity index (χ0v) is 16.2. The van der Waals surface area contributed by atoms with Gasteiger partial charge in [-0.25, -0.2) is 5.43 Å². The third kappa shape index (κ3) is 6.92. The fourth-order valence-corrected chi connectivity index (χ4v) is 3.13. The highest BCUT2D eigenvalue weighted by Crippen LogP contribution is 2.24. The van der Waals surface area contributed by atoms with E-state index in [1.54, 1.807) is 11.8 Å². The number of amides is 1. The molecule has 1 N–H and O–H groups in total. The van der Waals surface area contributed by atoms with E-state index < -0.39 is 0 Å². The predicted octanol–water partition coefficient (Wildman–Crippen LogP) is 5.93. The lowest BCUT2D eigenvalue weighted by atomic mass is 10.1. The van der Waals surface area contributed by atoms with Crippen LogP contribution in [0, 0.1) is 0 Å². The third-order valence-corrected chi connectivity index (χ3v) is 5.01. The highest BCUT2D eigenvalue weighted by Gasteiger charge is 2.05. The van der Waals surface area contributed by atoms with Crippen LogP contribution in [-0.4, -0.2) is 11.6 Å². The van der Waals surface area contributed by atoms with Crippen molar-refractivity contribution in [1.29, 1.82) is 0 Å². The van der Waals surface area contributed by atoms with Crippen LogP contribution < -0.4 is 5.43 Å². The van der Waals surface area contributed by atoms with Crippen LogP contribution in [0.5, 0.6) is 0 Å². The van der Waals surface area contributed by atoms with E-state index in [1.165, 1.54) is 10.5 Å². The summed E-state index contributed by atoms with van der Waals surface area (Å²) in [6.45, 7) is 4.08. The molecule has 0 unspecified atom stereocenters. The molecule has 25 heavy (non-hydrogen) atoms. The normalized spacial score (nSPS) is 11.4. The molecular formula is C20H23ClN2OS. The molecule has 0 heterocycles. The average Bonchev–Trinajstić information content (AvgIpc) is 2.64. The van der Waals surface area contributed by atoms with Crippen LogP contribution in [0.25, 0.3) is 0 Å². The van der Waals surface area contributed by atoms with E-state index in [-0.39, 0.29) is 5.91 Å². The molecule has 3 nitrogen and oxygen atoms in total. The molecule has 0 radical (unpaired) electrons. The molecule has 0 aliphatic carbocycles. The molecule has 0 saturated carbocycles. The fraction of sp³-hybridized carbons (Fsp3) is 0.300. The first kappa shape index (κ1) is 19.5. The highest BCUT2D eigenvalue weighted by atomic mass is 35.5. The summed E-state index contributed by atoms with van der Waals surface area (Å²) in [5.41, 5.74) is 5.36. The number of hydrogen-bond acceptors (Lipinski definition) is 3. The van der Waals surface area contributed by atoms with E-state index in [1.807, 2.05) is 55.5 Å². The van der Waals surface area contributed by atoms with Crippen molar-refractivity contribution < 1.29 is 4.79 Å². The maximum Gasteiger partial charge on any atom is 0.271 e. The molecule has 0 bridgehead atoms. The summed E-state index contributed by atoms with van der Waals surface area (Å²) in [5, 5.41) is 4.89. The molecule has 0 atom stereocenters. The lowest BCUT2D eigenvalue weighted by molar-refractivity contribution is 0.0954. The van der Waals surface area contributed by atoms with Gasteiger partial charge in [-0.3, -0.25) is 4.79 Å². The van der Waals surface area contributed by atoms with Crippen LogP contribution in [0.1, 0.15) is 49.0 Å². The van der Waals surface area contributed by atoms with Crippen molar-refractivity contribution in [3.05, 3.63) is 64.7 Å². The molecular weight excluding hydrogens is 352 g/mol. The first-order valence-electron chi connectivity index (χ1n) is 8.39. The summed E-state index contributed by atoms with van der Waals surface area (Å²) in [6, 6.07) is 15.4. The predicted molar refractivity (Wildman–Crippen MR) is 108 cm³/mol. The Morgan fingerprint density at radius 2 is 1.80 bits per heavy atom. The van der Waals surface area contributed by atoms with E-state index in [9.17, 15) is 4.79 Å². The second kappa shape index (κ2) is 10.3. The van der Waals surface area contributed by atoms with Crippen LogP contribution in [0.2, 0.25) is 5.02 Å². The minimum absolute atomic E-state index is 0.173. The van der Waals surface area contributed by atoms with E-state index in [4.69, 9.17) is 11.6 Å². The minimum atomic E-state index is -0.173. The molecule has 1 amide bonds. The van der Waals surface area contributed by atoms with Crippen LogP contribution in [0.3, 0.4) is 0 Å². The monoisotopic (exact) mass is 374 g/mol. The summed E-state index contributed by atoms with van der Waals surface area (Å²) in [6.07, 6.45) is 3.12. The Labute approximate surface area is 158 Å². The topological polar surface area (TPSA) is 41.5 Å². The molecule has 2 aromatic rings. The van der Waals surface area contributed by atoms with Gasteiger partial charge in [0.05, 0.1) is 0 Å². The van der Waals surface area contributed by atoms with Crippen molar-refractivity contribution in [2.45, 2.75) is 43.8 Å². The van der Waals surface area contributed by atoms with Gasteiger partial charge in [0.15, 0.2) is 0 Å². The fourth-order valence-electron chi connectivity index (χ4n) is 2.15. The number of unbranched alkanes of at least 4 members (excludes halogenated alkanes) is 1. The Bertz CT molecular complexity index is 711. The number of carbonyl (C=O) groups is 1. The summed E-state index contributed by atoms with van der Waals surface area (Å²) in [4.78, 5) is 13.3. The number of benzene rings is 2. The lowest BCUT2D eigenvalue weighted by Crippen LogP contribution is -2.19.